The van der Waals surface area contributed by atoms with Gasteiger partial charge in [0.25, 0.3) is 5.91 Å². The molecule has 1 atom stereocenters. The molecule has 0 bridgehead atoms. The zero-order valence-electron chi connectivity index (χ0n) is 12.5. The fraction of sp³-hybridized carbons (Fsp3) is 0.500. The van der Waals surface area contributed by atoms with Gasteiger partial charge in [0.1, 0.15) is 6.04 Å². The number of hydrogen-bond donors (Lipinski definition) is 3. The smallest absolute Gasteiger partial charge is 0.326 e. The summed E-state index contributed by atoms with van der Waals surface area (Å²) < 4.78 is 0. The number of aliphatic carboxylic acids is 1. The second kappa shape index (κ2) is 6.71. The number of carboxylic acid groups (broad SMARTS) is 1. The Morgan fingerprint density at radius 3 is 2.33 bits per heavy atom. The van der Waals surface area contributed by atoms with Gasteiger partial charge >= 0.3 is 5.97 Å². The van der Waals surface area contributed by atoms with E-state index in [1.807, 2.05) is 13.0 Å². The number of hydrogen-bond acceptors (Lipinski definition) is 4. The molecule has 1 rings (SSSR count). The third kappa shape index (κ3) is 5.18. The number of carbonyl (C=O) groups is 3. The van der Waals surface area contributed by atoms with Gasteiger partial charge < -0.3 is 15.7 Å². The van der Waals surface area contributed by atoms with Gasteiger partial charge in [0.15, 0.2) is 0 Å². The molecule has 0 saturated heterocycles. The summed E-state index contributed by atoms with van der Waals surface area (Å²) in [7, 11) is 0. The SMILES string of the molecule is Cc1ccc(C(=O)NCC(=O)N[C@H](C(=O)O)C(C)(C)C)s1. The van der Waals surface area contributed by atoms with Crippen LogP contribution in [0, 0.1) is 12.3 Å². The van der Waals surface area contributed by atoms with Crippen molar-refractivity contribution in [2.45, 2.75) is 33.7 Å². The highest BCUT2D eigenvalue weighted by atomic mass is 32.1. The minimum atomic E-state index is -1.10. The highest BCUT2D eigenvalue weighted by Gasteiger charge is 2.32. The molecule has 0 aliphatic carbocycles. The third-order valence-corrected chi connectivity index (χ3v) is 3.79. The lowest BCUT2D eigenvalue weighted by atomic mass is 9.87. The van der Waals surface area contributed by atoms with E-state index in [4.69, 9.17) is 5.11 Å². The molecular weight excluding hydrogens is 292 g/mol. The molecule has 7 heteroatoms. The average Bonchev–Trinajstić information content (AvgIpc) is 2.78. The molecular formula is C14H20N2O4S. The first-order valence-electron chi connectivity index (χ1n) is 6.48. The Kier molecular flexibility index (Phi) is 5.48. The average molecular weight is 312 g/mol. The lowest BCUT2D eigenvalue weighted by Crippen LogP contribution is -2.51. The van der Waals surface area contributed by atoms with Crippen molar-refractivity contribution in [2.24, 2.45) is 5.41 Å². The zero-order valence-corrected chi connectivity index (χ0v) is 13.3. The Bertz CT molecular complexity index is 545. The molecule has 2 amide bonds. The molecule has 0 spiro atoms. The number of amides is 2. The van der Waals surface area contributed by atoms with Crippen LogP contribution in [0.15, 0.2) is 12.1 Å². The van der Waals surface area contributed by atoms with Crippen LogP contribution in [0.25, 0.3) is 0 Å². The minimum Gasteiger partial charge on any atom is -0.480 e. The minimum absolute atomic E-state index is 0.254. The summed E-state index contributed by atoms with van der Waals surface area (Å²) in [4.78, 5) is 36.2. The van der Waals surface area contributed by atoms with Gasteiger partial charge in [0, 0.05) is 4.88 Å². The van der Waals surface area contributed by atoms with E-state index in [-0.39, 0.29) is 12.5 Å². The standard InChI is InChI=1S/C14H20N2O4S/c1-8-5-6-9(21-8)12(18)15-7-10(17)16-11(13(19)20)14(2,3)4/h5-6,11H,7H2,1-4H3,(H,15,18)(H,16,17)(H,19,20)/t11-/m1/s1. The van der Waals surface area contributed by atoms with Crippen LogP contribution in [0.2, 0.25) is 0 Å². The number of rotatable bonds is 5. The number of carbonyl (C=O) groups excluding carboxylic acids is 2. The van der Waals surface area contributed by atoms with E-state index in [0.29, 0.717) is 4.88 Å². The van der Waals surface area contributed by atoms with Crippen molar-refractivity contribution in [3.8, 4) is 0 Å². The van der Waals surface area contributed by atoms with Gasteiger partial charge in [0.2, 0.25) is 5.91 Å². The predicted molar refractivity (Wildman–Crippen MR) is 80.4 cm³/mol. The van der Waals surface area contributed by atoms with Crippen molar-refractivity contribution in [3.05, 3.63) is 21.9 Å². The third-order valence-electron chi connectivity index (χ3n) is 2.79. The fourth-order valence-corrected chi connectivity index (χ4v) is 2.45. The fourth-order valence-electron chi connectivity index (χ4n) is 1.66. The Labute approximate surface area is 127 Å². The van der Waals surface area contributed by atoms with E-state index in [1.165, 1.54) is 11.3 Å². The largest absolute Gasteiger partial charge is 0.480 e. The summed E-state index contributed by atoms with van der Waals surface area (Å²) in [5, 5.41) is 14.0. The molecule has 0 radical (unpaired) electrons. The Balaban J connectivity index is 2.54. The van der Waals surface area contributed by atoms with Crippen molar-refractivity contribution >= 4 is 29.1 Å². The molecule has 0 aliphatic rings. The van der Waals surface area contributed by atoms with E-state index in [9.17, 15) is 14.4 Å². The molecule has 0 unspecified atom stereocenters. The van der Waals surface area contributed by atoms with Crippen LogP contribution in [-0.4, -0.2) is 35.5 Å². The van der Waals surface area contributed by atoms with Crippen LogP contribution in [0.4, 0.5) is 0 Å². The van der Waals surface area contributed by atoms with E-state index in [0.717, 1.165) is 4.88 Å². The van der Waals surface area contributed by atoms with Crippen LogP contribution in [0.5, 0.6) is 0 Å². The van der Waals surface area contributed by atoms with Gasteiger partial charge in [-0.1, -0.05) is 20.8 Å². The molecule has 0 aliphatic heterocycles. The Hall–Kier alpha value is -1.89. The Morgan fingerprint density at radius 1 is 1.29 bits per heavy atom. The summed E-state index contributed by atoms with van der Waals surface area (Å²) >= 11 is 1.33. The first-order chi connectivity index (χ1) is 9.61. The molecule has 1 aromatic heterocycles. The maximum absolute atomic E-state index is 11.8. The number of aryl methyl sites for hydroxylation is 1. The molecule has 0 fully saturated rings. The van der Waals surface area contributed by atoms with Crippen molar-refractivity contribution in [1.82, 2.24) is 10.6 Å². The summed E-state index contributed by atoms with van der Waals surface area (Å²) in [6.07, 6.45) is 0. The predicted octanol–water partition coefficient (Wildman–Crippen LogP) is 1.40. The van der Waals surface area contributed by atoms with Gasteiger partial charge in [0.05, 0.1) is 11.4 Å². The molecule has 0 saturated carbocycles. The number of thiophene rings is 1. The van der Waals surface area contributed by atoms with E-state index < -0.39 is 23.3 Å². The first-order valence-corrected chi connectivity index (χ1v) is 7.29. The molecule has 1 aromatic rings. The second-order valence-electron chi connectivity index (χ2n) is 5.80. The Morgan fingerprint density at radius 2 is 1.90 bits per heavy atom. The van der Waals surface area contributed by atoms with Gasteiger partial charge in [-0.15, -0.1) is 11.3 Å². The van der Waals surface area contributed by atoms with Crippen LogP contribution in [0.3, 0.4) is 0 Å². The van der Waals surface area contributed by atoms with Crippen molar-refractivity contribution in [2.75, 3.05) is 6.54 Å². The second-order valence-corrected chi connectivity index (χ2v) is 7.09. The van der Waals surface area contributed by atoms with Gasteiger partial charge in [-0.2, -0.15) is 0 Å². The highest BCUT2D eigenvalue weighted by molar-refractivity contribution is 7.13. The quantitative estimate of drug-likeness (QED) is 0.766. The van der Waals surface area contributed by atoms with Crippen LogP contribution >= 0.6 is 11.3 Å². The molecule has 6 nitrogen and oxygen atoms in total. The summed E-state index contributed by atoms with van der Waals surface area (Å²) in [5.74, 6) is -1.97. The van der Waals surface area contributed by atoms with Gasteiger partial charge in [-0.25, -0.2) is 4.79 Å². The molecule has 116 valence electrons. The summed E-state index contributed by atoms with van der Waals surface area (Å²) in [6.45, 7) is 6.79. The summed E-state index contributed by atoms with van der Waals surface area (Å²) in [6, 6.07) is 2.49. The van der Waals surface area contributed by atoms with Crippen LogP contribution in [0.1, 0.15) is 35.3 Å². The zero-order chi connectivity index (χ0) is 16.2. The van der Waals surface area contributed by atoms with Crippen LogP contribution in [-0.2, 0) is 9.59 Å². The monoisotopic (exact) mass is 312 g/mol. The van der Waals surface area contributed by atoms with E-state index in [1.54, 1.807) is 26.8 Å². The normalized spacial score (nSPS) is 12.6. The first kappa shape index (κ1) is 17.2. The van der Waals surface area contributed by atoms with E-state index in [2.05, 4.69) is 10.6 Å². The van der Waals surface area contributed by atoms with Crippen molar-refractivity contribution in [1.29, 1.82) is 0 Å². The maximum Gasteiger partial charge on any atom is 0.326 e. The van der Waals surface area contributed by atoms with Crippen molar-refractivity contribution < 1.29 is 19.5 Å². The van der Waals surface area contributed by atoms with Crippen molar-refractivity contribution in [3.63, 3.8) is 0 Å². The summed E-state index contributed by atoms with van der Waals surface area (Å²) in [5.41, 5.74) is -0.615. The highest BCUT2D eigenvalue weighted by Crippen LogP contribution is 2.19. The molecule has 0 aromatic carbocycles. The lowest BCUT2D eigenvalue weighted by molar-refractivity contribution is -0.144. The van der Waals surface area contributed by atoms with E-state index >= 15 is 0 Å². The lowest BCUT2D eigenvalue weighted by Gasteiger charge is -2.27. The topological polar surface area (TPSA) is 95.5 Å². The number of nitrogens with one attached hydrogen (secondary N) is 2. The number of carboxylic acids is 1. The molecule has 3 N–H and O–H groups in total. The molecule has 21 heavy (non-hydrogen) atoms. The van der Waals surface area contributed by atoms with Gasteiger partial charge in [-0.05, 0) is 24.5 Å². The van der Waals surface area contributed by atoms with Crippen LogP contribution < -0.4 is 10.6 Å². The maximum atomic E-state index is 11.8. The molecule has 1 heterocycles. The van der Waals surface area contributed by atoms with Gasteiger partial charge in [-0.3, -0.25) is 9.59 Å².